The zero-order chi connectivity index (χ0) is 22.4. The Morgan fingerprint density at radius 1 is 1.13 bits per heavy atom. The number of fused-ring (bicyclic) bond motifs is 1. The van der Waals surface area contributed by atoms with Crippen LogP contribution in [-0.4, -0.2) is 28.2 Å². The molecule has 1 N–H and O–H groups in total. The van der Waals surface area contributed by atoms with Gasteiger partial charge in [-0.3, -0.25) is 14.7 Å². The number of carbonyl (C=O) groups excluding carboxylic acids is 2. The molecule has 0 spiro atoms. The molecule has 10 heteroatoms. The lowest BCUT2D eigenvalue weighted by Gasteiger charge is -2.23. The molecule has 1 aromatic heterocycles. The number of nitrogens with zero attached hydrogens (tertiary/aromatic N) is 2. The molecule has 1 saturated heterocycles. The van der Waals surface area contributed by atoms with Gasteiger partial charge in [0.2, 0.25) is 0 Å². The summed E-state index contributed by atoms with van der Waals surface area (Å²) in [4.78, 5) is 31.1. The fourth-order valence-electron chi connectivity index (χ4n) is 3.52. The molecule has 3 amide bonds. The number of pyridine rings is 1. The van der Waals surface area contributed by atoms with E-state index in [2.05, 4.69) is 15.0 Å². The maximum Gasteiger partial charge on any atom is 0.573 e. The molecule has 6 nitrogen and oxygen atoms in total. The molecule has 0 bridgehead atoms. The van der Waals surface area contributed by atoms with Crippen LogP contribution in [0.3, 0.4) is 0 Å². The summed E-state index contributed by atoms with van der Waals surface area (Å²) < 4.78 is 41.0. The number of aromatic nitrogens is 1. The fourth-order valence-corrected chi connectivity index (χ4v) is 3.73. The van der Waals surface area contributed by atoms with Crippen LogP contribution in [0, 0.1) is 0 Å². The Bertz CT molecular complexity index is 1180. The van der Waals surface area contributed by atoms with Crippen molar-refractivity contribution in [2.75, 3.05) is 0 Å². The second-order valence-corrected chi connectivity index (χ2v) is 7.53. The quantitative estimate of drug-likeness (QED) is 0.583. The number of hydrogen-bond acceptors (Lipinski definition) is 4. The maximum absolute atomic E-state index is 13.2. The summed E-state index contributed by atoms with van der Waals surface area (Å²) in [5.41, 5.74) is -0.0671. The molecule has 4 rings (SSSR count). The van der Waals surface area contributed by atoms with Crippen molar-refractivity contribution in [1.82, 2.24) is 15.2 Å². The normalized spacial score (nSPS) is 19.1. The van der Waals surface area contributed by atoms with E-state index in [4.69, 9.17) is 11.6 Å². The lowest BCUT2D eigenvalue weighted by Crippen LogP contribution is -2.40. The van der Waals surface area contributed by atoms with Crippen molar-refractivity contribution in [1.29, 1.82) is 0 Å². The van der Waals surface area contributed by atoms with Crippen LogP contribution in [-0.2, 0) is 16.9 Å². The number of nitrogens with one attached hydrogen (secondary N) is 1. The summed E-state index contributed by atoms with van der Waals surface area (Å²) in [6, 6.07) is 11.2. The summed E-state index contributed by atoms with van der Waals surface area (Å²) in [6.07, 6.45) is -3.24. The number of benzene rings is 2. The van der Waals surface area contributed by atoms with Gasteiger partial charge in [-0.05, 0) is 36.8 Å². The first-order valence-electron chi connectivity index (χ1n) is 9.11. The standard InChI is InChI=1S/C21H15ClF3N3O3/c1-20(13-5-7-14(8-6-13)31-21(23,24)25)18(29)28(19(30)27-20)11-15-16(22)9-4-12-3-2-10-26-17(12)15/h2-10H,11H2,1H3,(H,27,30). The van der Waals surface area contributed by atoms with Crippen LogP contribution < -0.4 is 10.1 Å². The molecule has 160 valence electrons. The van der Waals surface area contributed by atoms with E-state index >= 15 is 0 Å². The molecule has 0 saturated carbocycles. The first-order valence-corrected chi connectivity index (χ1v) is 9.49. The molecule has 1 aliphatic heterocycles. The second-order valence-electron chi connectivity index (χ2n) is 7.12. The monoisotopic (exact) mass is 449 g/mol. The van der Waals surface area contributed by atoms with E-state index in [1.54, 1.807) is 24.4 Å². The van der Waals surface area contributed by atoms with Crippen molar-refractivity contribution in [3.05, 3.63) is 70.9 Å². The predicted octanol–water partition coefficient (Wildman–Crippen LogP) is 4.75. The molecule has 0 aliphatic carbocycles. The van der Waals surface area contributed by atoms with Crippen molar-refractivity contribution >= 4 is 34.4 Å². The summed E-state index contributed by atoms with van der Waals surface area (Å²) in [5.74, 6) is -0.993. The highest BCUT2D eigenvalue weighted by molar-refractivity contribution is 6.32. The first-order chi connectivity index (χ1) is 14.6. The van der Waals surface area contributed by atoms with Gasteiger partial charge in [0.1, 0.15) is 11.3 Å². The zero-order valence-electron chi connectivity index (χ0n) is 16.0. The number of rotatable bonds is 4. The Morgan fingerprint density at radius 3 is 2.52 bits per heavy atom. The summed E-state index contributed by atoms with van der Waals surface area (Å²) >= 11 is 6.32. The van der Waals surface area contributed by atoms with Gasteiger partial charge in [0, 0.05) is 22.2 Å². The summed E-state index contributed by atoms with van der Waals surface area (Å²) in [7, 11) is 0. The minimum absolute atomic E-state index is 0.108. The summed E-state index contributed by atoms with van der Waals surface area (Å²) in [6.45, 7) is 1.37. The molecule has 31 heavy (non-hydrogen) atoms. The number of alkyl halides is 3. The van der Waals surface area contributed by atoms with Gasteiger partial charge in [0.15, 0.2) is 0 Å². The average molecular weight is 450 g/mol. The van der Waals surface area contributed by atoms with E-state index in [0.29, 0.717) is 21.7 Å². The third-order valence-electron chi connectivity index (χ3n) is 5.08. The van der Waals surface area contributed by atoms with Gasteiger partial charge in [-0.25, -0.2) is 4.79 Å². The Hall–Kier alpha value is -3.33. The van der Waals surface area contributed by atoms with E-state index in [-0.39, 0.29) is 6.54 Å². The fraction of sp³-hybridized carbons (Fsp3) is 0.190. The Kier molecular flexibility index (Phi) is 5.01. The number of ether oxygens (including phenoxy) is 1. The number of carbonyl (C=O) groups is 2. The SMILES string of the molecule is CC1(c2ccc(OC(F)(F)F)cc2)NC(=O)N(Cc2c(Cl)ccc3cccnc23)C1=O. The van der Waals surface area contributed by atoms with Gasteiger partial charge < -0.3 is 10.1 Å². The molecule has 1 unspecified atom stereocenters. The van der Waals surface area contributed by atoms with Crippen LogP contribution in [0.5, 0.6) is 5.75 Å². The van der Waals surface area contributed by atoms with Crippen LogP contribution in [0.2, 0.25) is 5.02 Å². The van der Waals surface area contributed by atoms with Crippen molar-refractivity contribution in [3.63, 3.8) is 0 Å². The average Bonchev–Trinajstić information content (AvgIpc) is 2.93. The third-order valence-corrected chi connectivity index (χ3v) is 5.43. The van der Waals surface area contributed by atoms with E-state index < -0.39 is 29.6 Å². The largest absolute Gasteiger partial charge is 0.573 e. The van der Waals surface area contributed by atoms with Gasteiger partial charge in [0.25, 0.3) is 5.91 Å². The van der Waals surface area contributed by atoms with Gasteiger partial charge in [-0.2, -0.15) is 0 Å². The number of urea groups is 1. The lowest BCUT2D eigenvalue weighted by atomic mass is 9.92. The molecular formula is C21H15ClF3N3O3. The highest BCUT2D eigenvalue weighted by Crippen LogP contribution is 2.34. The first kappa shape index (κ1) is 20.9. The van der Waals surface area contributed by atoms with Crippen molar-refractivity contribution in [2.45, 2.75) is 25.4 Å². The number of hydrogen-bond donors (Lipinski definition) is 1. The maximum atomic E-state index is 13.2. The Morgan fingerprint density at radius 2 is 1.84 bits per heavy atom. The van der Waals surface area contributed by atoms with Crippen molar-refractivity contribution in [3.8, 4) is 5.75 Å². The minimum atomic E-state index is -4.83. The van der Waals surface area contributed by atoms with Gasteiger partial charge in [-0.1, -0.05) is 35.9 Å². The molecule has 1 aliphatic rings. The van der Waals surface area contributed by atoms with E-state index in [1.165, 1.54) is 19.1 Å². The molecule has 2 heterocycles. The van der Waals surface area contributed by atoms with E-state index in [0.717, 1.165) is 22.4 Å². The van der Waals surface area contributed by atoms with Crippen LogP contribution in [0.4, 0.5) is 18.0 Å². The van der Waals surface area contributed by atoms with Gasteiger partial charge >= 0.3 is 12.4 Å². The highest BCUT2D eigenvalue weighted by Gasteiger charge is 2.49. The molecule has 2 aromatic carbocycles. The zero-order valence-corrected chi connectivity index (χ0v) is 16.8. The van der Waals surface area contributed by atoms with Crippen molar-refractivity contribution in [2.24, 2.45) is 0 Å². The number of amides is 3. The molecule has 3 aromatic rings. The van der Waals surface area contributed by atoms with Crippen LogP contribution in [0.15, 0.2) is 54.7 Å². The lowest BCUT2D eigenvalue weighted by molar-refractivity contribution is -0.274. The summed E-state index contributed by atoms with van der Waals surface area (Å²) in [5, 5.41) is 3.77. The second kappa shape index (κ2) is 7.42. The highest BCUT2D eigenvalue weighted by atomic mass is 35.5. The van der Waals surface area contributed by atoms with Crippen LogP contribution >= 0.6 is 11.6 Å². The Labute approximate surface area is 179 Å². The van der Waals surface area contributed by atoms with Crippen LogP contribution in [0.25, 0.3) is 10.9 Å². The topological polar surface area (TPSA) is 71.5 Å². The molecular weight excluding hydrogens is 435 g/mol. The predicted molar refractivity (Wildman–Crippen MR) is 106 cm³/mol. The molecule has 1 atom stereocenters. The van der Waals surface area contributed by atoms with Crippen LogP contribution in [0.1, 0.15) is 18.1 Å². The number of imide groups is 1. The number of halogens is 4. The third kappa shape index (κ3) is 3.88. The van der Waals surface area contributed by atoms with E-state index in [1.807, 2.05) is 6.07 Å². The minimum Gasteiger partial charge on any atom is -0.406 e. The van der Waals surface area contributed by atoms with Gasteiger partial charge in [0.05, 0.1) is 12.1 Å². The molecule has 0 radical (unpaired) electrons. The van der Waals surface area contributed by atoms with Gasteiger partial charge in [-0.15, -0.1) is 13.2 Å². The molecule has 1 fully saturated rings. The smallest absolute Gasteiger partial charge is 0.406 e. The van der Waals surface area contributed by atoms with E-state index in [9.17, 15) is 22.8 Å². The Balaban J connectivity index is 1.63. The van der Waals surface area contributed by atoms with Crippen molar-refractivity contribution < 1.29 is 27.5 Å².